The molecular weight excluding hydrogens is 268 g/mol. The summed E-state index contributed by atoms with van der Waals surface area (Å²) in [6.07, 6.45) is 2.80. The SMILES string of the molecule is CC=C(C)C.CCc1cc2c(C(=O)O)ccc(OC)c2o1. The molecule has 4 heteroatoms. The first kappa shape index (κ1) is 16.8. The predicted molar refractivity (Wildman–Crippen MR) is 84.2 cm³/mol. The standard InChI is InChI=1S/C12H12O4.C5H10/c1-3-7-6-9-8(12(13)14)4-5-10(15-2)11(9)16-7;1-4-5(2)3/h4-6H,3H2,1-2H3,(H,13,14);4H,1-3H3. The van der Waals surface area contributed by atoms with E-state index in [9.17, 15) is 4.79 Å². The number of rotatable bonds is 3. The van der Waals surface area contributed by atoms with Gasteiger partial charge in [-0.2, -0.15) is 0 Å². The Morgan fingerprint density at radius 2 is 2.00 bits per heavy atom. The van der Waals surface area contributed by atoms with Crippen molar-refractivity contribution in [2.75, 3.05) is 7.11 Å². The molecule has 0 saturated heterocycles. The van der Waals surface area contributed by atoms with Gasteiger partial charge in [0.05, 0.1) is 12.7 Å². The monoisotopic (exact) mass is 290 g/mol. The Bertz CT molecular complexity index is 646. The molecule has 1 aromatic carbocycles. The fourth-order valence-corrected chi connectivity index (χ4v) is 1.67. The number of allylic oxidation sites excluding steroid dienone is 2. The summed E-state index contributed by atoms with van der Waals surface area (Å²) in [5.41, 5.74) is 2.11. The number of furan rings is 1. The number of fused-ring (bicyclic) bond motifs is 1. The van der Waals surface area contributed by atoms with Crippen LogP contribution in [0.15, 0.2) is 34.3 Å². The minimum absolute atomic E-state index is 0.235. The van der Waals surface area contributed by atoms with E-state index in [1.807, 2.05) is 13.8 Å². The summed E-state index contributed by atoms with van der Waals surface area (Å²) in [5, 5.41) is 9.63. The van der Waals surface area contributed by atoms with Crippen molar-refractivity contribution in [3.8, 4) is 5.75 Å². The third-order valence-corrected chi connectivity index (χ3v) is 3.07. The van der Waals surface area contributed by atoms with Crippen LogP contribution in [-0.2, 0) is 6.42 Å². The zero-order valence-electron chi connectivity index (χ0n) is 13.2. The molecule has 2 rings (SSSR count). The Morgan fingerprint density at radius 1 is 1.38 bits per heavy atom. The molecular formula is C17H22O4. The van der Waals surface area contributed by atoms with Crippen molar-refractivity contribution >= 4 is 16.9 Å². The molecule has 0 bridgehead atoms. The van der Waals surface area contributed by atoms with Gasteiger partial charge in [-0.15, -0.1) is 0 Å². The van der Waals surface area contributed by atoms with Gasteiger partial charge in [0.15, 0.2) is 11.3 Å². The van der Waals surface area contributed by atoms with E-state index in [0.717, 1.165) is 12.2 Å². The Balaban J connectivity index is 0.000000383. The molecule has 114 valence electrons. The zero-order valence-corrected chi connectivity index (χ0v) is 13.2. The second-order valence-electron chi connectivity index (χ2n) is 4.80. The number of carboxylic acid groups (broad SMARTS) is 1. The predicted octanol–water partition coefficient (Wildman–Crippen LogP) is 4.67. The molecule has 0 aliphatic heterocycles. The average molecular weight is 290 g/mol. The molecule has 0 aliphatic rings. The normalized spacial score (nSPS) is 9.76. The number of methoxy groups -OCH3 is 1. The third kappa shape index (κ3) is 4.12. The van der Waals surface area contributed by atoms with Crippen molar-refractivity contribution in [1.82, 2.24) is 0 Å². The molecule has 0 unspecified atom stereocenters. The molecule has 0 amide bonds. The van der Waals surface area contributed by atoms with Gasteiger partial charge in [0.2, 0.25) is 0 Å². The fourth-order valence-electron chi connectivity index (χ4n) is 1.67. The molecule has 2 aromatic rings. The van der Waals surface area contributed by atoms with Gasteiger partial charge in [-0.05, 0) is 39.0 Å². The number of carbonyl (C=O) groups is 1. The van der Waals surface area contributed by atoms with Crippen molar-refractivity contribution < 1.29 is 19.1 Å². The highest BCUT2D eigenvalue weighted by molar-refractivity contribution is 6.04. The van der Waals surface area contributed by atoms with E-state index in [1.165, 1.54) is 18.7 Å². The van der Waals surface area contributed by atoms with E-state index in [2.05, 4.69) is 19.9 Å². The third-order valence-electron chi connectivity index (χ3n) is 3.07. The van der Waals surface area contributed by atoms with E-state index in [0.29, 0.717) is 16.7 Å². The molecule has 1 aromatic heterocycles. The van der Waals surface area contributed by atoms with Crippen molar-refractivity contribution in [1.29, 1.82) is 0 Å². The summed E-state index contributed by atoms with van der Waals surface area (Å²) in [6.45, 7) is 8.15. The fraction of sp³-hybridized carbons (Fsp3) is 0.353. The smallest absolute Gasteiger partial charge is 0.336 e. The maximum absolute atomic E-state index is 11.0. The second-order valence-corrected chi connectivity index (χ2v) is 4.80. The van der Waals surface area contributed by atoms with Gasteiger partial charge >= 0.3 is 5.97 Å². The first-order valence-electron chi connectivity index (χ1n) is 6.86. The van der Waals surface area contributed by atoms with E-state index in [4.69, 9.17) is 14.3 Å². The van der Waals surface area contributed by atoms with Crippen LogP contribution in [0.3, 0.4) is 0 Å². The van der Waals surface area contributed by atoms with Crippen LogP contribution in [0.25, 0.3) is 11.0 Å². The van der Waals surface area contributed by atoms with E-state index in [1.54, 1.807) is 12.1 Å². The molecule has 4 nitrogen and oxygen atoms in total. The number of aromatic carboxylic acids is 1. The Kier molecular flexibility index (Phi) is 6.03. The van der Waals surface area contributed by atoms with Gasteiger partial charge in [-0.1, -0.05) is 18.6 Å². The molecule has 0 saturated carbocycles. The van der Waals surface area contributed by atoms with E-state index >= 15 is 0 Å². The van der Waals surface area contributed by atoms with Crippen molar-refractivity contribution in [3.63, 3.8) is 0 Å². The summed E-state index contributed by atoms with van der Waals surface area (Å²) in [5.74, 6) is 0.345. The summed E-state index contributed by atoms with van der Waals surface area (Å²) in [6, 6.07) is 4.88. The van der Waals surface area contributed by atoms with Crippen molar-refractivity contribution in [3.05, 3.63) is 41.2 Å². The number of hydrogen-bond acceptors (Lipinski definition) is 3. The van der Waals surface area contributed by atoms with Gasteiger partial charge in [0.25, 0.3) is 0 Å². The van der Waals surface area contributed by atoms with Gasteiger partial charge < -0.3 is 14.3 Å². The summed E-state index contributed by atoms with van der Waals surface area (Å²) in [7, 11) is 1.53. The summed E-state index contributed by atoms with van der Waals surface area (Å²) < 4.78 is 10.7. The summed E-state index contributed by atoms with van der Waals surface area (Å²) >= 11 is 0. The topological polar surface area (TPSA) is 59.7 Å². The second kappa shape index (κ2) is 7.53. The Hall–Kier alpha value is -2.23. The largest absolute Gasteiger partial charge is 0.493 e. The number of aryl methyl sites for hydroxylation is 1. The van der Waals surface area contributed by atoms with Crippen molar-refractivity contribution in [2.24, 2.45) is 0 Å². The van der Waals surface area contributed by atoms with Gasteiger partial charge in [0.1, 0.15) is 5.76 Å². The van der Waals surface area contributed by atoms with Crippen LogP contribution in [0.5, 0.6) is 5.75 Å². The Morgan fingerprint density at radius 3 is 2.43 bits per heavy atom. The van der Waals surface area contributed by atoms with Crippen LogP contribution in [0.2, 0.25) is 0 Å². The number of benzene rings is 1. The van der Waals surface area contributed by atoms with E-state index in [-0.39, 0.29) is 5.56 Å². The molecule has 1 N–H and O–H groups in total. The minimum Gasteiger partial charge on any atom is -0.493 e. The zero-order chi connectivity index (χ0) is 16.0. The molecule has 0 atom stereocenters. The lowest BCUT2D eigenvalue weighted by Crippen LogP contribution is -1.97. The molecule has 1 heterocycles. The van der Waals surface area contributed by atoms with E-state index < -0.39 is 5.97 Å². The highest BCUT2D eigenvalue weighted by Crippen LogP contribution is 2.31. The summed E-state index contributed by atoms with van der Waals surface area (Å²) in [4.78, 5) is 11.0. The molecule has 0 fully saturated rings. The lowest BCUT2D eigenvalue weighted by Gasteiger charge is -2.02. The van der Waals surface area contributed by atoms with Gasteiger partial charge in [-0.25, -0.2) is 4.79 Å². The van der Waals surface area contributed by atoms with Crippen LogP contribution < -0.4 is 4.74 Å². The molecule has 0 radical (unpaired) electrons. The minimum atomic E-state index is -0.962. The number of hydrogen-bond donors (Lipinski definition) is 1. The molecule has 0 spiro atoms. The maximum Gasteiger partial charge on any atom is 0.336 e. The van der Waals surface area contributed by atoms with Crippen LogP contribution in [-0.4, -0.2) is 18.2 Å². The lowest BCUT2D eigenvalue weighted by molar-refractivity contribution is 0.0699. The Labute approximate surface area is 125 Å². The first-order valence-corrected chi connectivity index (χ1v) is 6.86. The number of carboxylic acids is 1. The maximum atomic E-state index is 11.0. The average Bonchev–Trinajstić information content (AvgIpc) is 2.90. The molecule has 21 heavy (non-hydrogen) atoms. The highest BCUT2D eigenvalue weighted by atomic mass is 16.5. The van der Waals surface area contributed by atoms with Crippen molar-refractivity contribution in [2.45, 2.75) is 34.1 Å². The highest BCUT2D eigenvalue weighted by Gasteiger charge is 2.16. The van der Waals surface area contributed by atoms with Crippen LogP contribution in [0, 0.1) is 0 Å². The van der Waals surface area contributed by atoms with Crippen LogP contribution in [0.1, 0.15) is 43.8 Å². The molecule has 0 aliphatic carbocycles. The first-order chi connectivity index (χ1) is 9.94. The number of ether oxygens (including phenoxy) is 1. The van der Waals surface area contributed by atoms with Gasteiger partial charge in [0, 0.05) is 11.8 Å². The van der Waals surface area contributed by atoms with Crippen LogP contribution >= 0.6 is 0 Å². The van der Waals surface area contributed by atoms with Crippen LogP contribution in [0.4, 0.5) is 0 Å². The lowest BCUT2D eigenvalue weighted by atomic mass is 10.1. The quantitative estimate of drug-likeness (QED) is 0.834. The van der Waals surface area contributed by atoms with Gasteiger partial charge in [-0.3, -0.25) is 0 Å².